The minimum absolute atomic E-state index is 0.179. The molecule has 88 valence electrons. The van der Waals surface area contributed by atoms with Crippen molar-refractivity contribution in [1.82, 2.24) is 9.97 Å². The average Bonchev–Trinajstić information content (AvgIpc) is 2.27. The number of ether oxygens (including phenoxy) is 1. The van der Waals surface area contributed by atoms with E-state index < -0.39 is 0 Å². The van der Waals surface area contributed by atoms with Crippen LogP contribution in [0.5, 0.6) is 5.75 Å². The van der Waals surface area contributed by atoms with Gasteiger partial charge in [-0.2, -0.15) is 0 Å². The van der Waals surface area contributed by atoms with Crippen LogP contribution in [0.3, 0.4) is 0 Å². The summed E-state index contributed by atoms with van der Waals surface area (Å²) in [6.45, 7) is 1.73. The van der Waals surface area contributed by atoms with Gasteiger partial charge in [-0.15, -0.1) is 0 Å². The predicted molar refractivity (Wildman–Crippen MR) is 66.0 cm³/mol. The highest BCUT2D eigenvalue weighted by Crippen LogP contribution is 2.26. The van der Waals surface area contributed by atoms with Gasteiger partial charge in [0, 0.05) is 11.6 Å². The number of methoxy groups -OCH3 is 1. The number of rotatable bonds is 2. The maximum absolute atomic E-state index is 11.3. The van der Waals surface area contributed by atoms with Gasteiger partial charge in [-0.1, -0.05) is 0 Å². The summed E-state index contributed by atoms with van der Waals surface area (Å²) in [5.74, 6) is 1.18. The third-order valence-corrected chi connectivity index (χ3v) is 2.39. The molecule has 0 saturated heterocycles. The van der Waals surface area contributed by atoms with E-state index in [1.165, 1.54) is 6.07 Å². The summed E-state index contributed by atoms with van der Waals surface area (Å²) in [7, 11) is 1.56. The molecule has 0 atom stereocenters. The summed E-state index contributed by atoms with van der Waals surface area (Å²) < 4.78 is 5.07. The maximum atomic E-state index is 11.3. The number of nitrogens with two attached hydrogens (primary N) is 1. The number of aromatic amines is 1. The summed E-state index contributed by atoms with van der Waals surface area (Å²) in [6.07, 6.45) is 0. The summed E-state index contributed by atoms with van der Waals surface area (Å²) in [4.78, 5) is 18.2. The molecule has 0 bridgehead atoms. The van der Waals surface area contributed by atoms with Crippen molar-refractivity contribution >= 4 is 5.69 Å². The number of anilines is 1. The van der Waals surface area contributed by atoms with Gasteiger partial charge in [-0.25, -0.2) is 4.98 Å². The zero-order valence-corrected chi connectivity index (χ0v) is 9.65. The number of aromatic nitrogens is 2. The Labute approximate surface area is 98.3 Å². The van der Waals surface area contributed by atoms with E-state index in [0.717, 1.165) is 5.56 Å². The summed E-state index contributed by atoms with van der Waals surface area (Å²) in [5, 5.41) is 0. The van der Waals surface area contributed by atoms with Gasteiger partial charge in [0.15, 0.2) is 0 Å². The molecule has 2 rings (SSSR count). The number of aryl methyl sites for hydroxylation is 1. The Balaban J connectivity index is 2.53. The summed E-state index contributed by atoms with van der Waals surface area (Å²) in [6, 6.07) is 6.74. The Morgan fingerprint density at radius 2 is 2.12 bits per heavy atom. The Morgan fingerprint density at radius 3 is 2.71 bits per heavy atom. The molecule has 0 aliphatic carbocycles. The molecule has 0 spiro atoms. The van der Waals surface area contributed by atoms with Crippen LogP contribution in [-0.4, -0.2) is 17.1 Å². The standard InChI is InChI=1S/C12H13N3O2/c1-7-14-10(6-12(16)15-7)8-3-4-11(17-2)9(13)5-8/h3-6H,13H2,1-2H3,(H,14,15,16). The van der Waals surface area contributed by atoms with E-state index in [0.29, 0.717) is 23.0 Å². The highest BCUT2D eigenvalue weighted by molar-refractivity contribution is 5.68. The van der Waals surface area contributed by atoms with Crippen LogP contribution in [-0.2, 0) is 0 Å². The number of nitrogen functional groups attached to an aromatic ring is 1. The van der Waals surface area contributed by atoms with Gasteiger partial charge in [0.05, 0.1) is 18.5 Å². The molecule has 1 aromatic carbocycles. The lowest BCUT2D eigenvalue weighted by atomic mass is 10.1. The lowest BCUT2D eigenvalue weighted by molar-refractivity contribution is 0.417. The Hall–Kier alpha value is -2.30. The van der Waals surface area contributed by atoms with Crippen molar-refractivity contribution < 1.29 is 4.74 Å². The van der Waals surface area contributed by atoms with Crippen LogP contribution in [0, 0.1) is 6.92 Å². The van der Waals surface area contributed by atoms with E-state index in [1.54, 1.807) is 26.2 Å². The second kappa shape index (κ2) is 4.29. The lowest BCUT2D eigenvalue weighted by Gasteiger charge is -2.07. The van der Waals surface area contributed by atoms with E-state index in [4.69, 9.17) is 10.5 Å². The third-order valence-electron chi connectivity index (χ3n) is 2.39. The van der Waals surface area contributed by atoms with Gasteiger partial charge in [0.25, 0.3) is 5.56 Å². The maximum Gasteiger partial charge on any atom is 0.251 e. The molecule has 0 fully saturated rings. The molecular formula is C12H13N3O2. The quantitative estimate of drug-likeness (QED) is 0.764. The van der Waals surface area contributed by atoms with E-state index in [-0.39, 0.29) is 5.56 Å². The predicted octanol–water partition coefficient (Wildman–Crippen LogP) is 1.34. The van der Waals surface area contributed by atoms with Crippen LogP contribution in [0.2, 0.25) is 0 Å². The van der Waals surface area contributed by atoms with Crippen LogP contribution >= 0.6 is 0 Å². The number of H-pyrrole nitrogens is 1. The molecule has 17 heavy (non-hydrogen) atoms. The van der Waals surface area contributed by atoms with Crippen LogP contribution < -0.4 is 16.0 Å². The molecule has 5 nitrogen and oxygen atoms in total. The van der Waals surface area contributed by atoms with E-state index in [9.17, 15) is 4.79 Å². The van der Waals surface area contributed by atoms with Crippen molar-refractivity contribution in [2.45, 2.75) is 6.92 Å². The molecular weight excluding hydrogens is 218 g/mol. The number of nitrogens with zero attached hydrogens (tertiary/aromatic N) is 1. The van der Waals surface area contributed by atoms with Crippen molar-refractivity contribution in [2.75, 3.05) is 12.8 Å². The van der Waals surface area contributed by atoms with Gasteiger partial charge in [-0.3, -0.25) is 4.79 Å². The van der Waals surface area contributed by atoms with E-state index in [2.05, 4.69) is 9.97 Å². The minimum Gasteiger partial charge on any atom is -0.495 e. The Bertz CT molecular complexity index is 605. The molecule has 0 saturated carbocycles. The molecule has 2 aromatic rings. The fraction of sp³-hybridized carbons (Fsp3) is 0.167. The highest BCUT2D eigenvalue weighted by Gasteiger charge is 2.05. The first-order chi connectivity index (χ1) is 8.10. The molecule has 0 radical (unpaired) electrons. The topological polar surface area (TPSA) is 81.0 Å². The largest absolute Gasteiger partial charge is 0.495 e. The van der Waals surface area contributed by atoms with Gasteiger partial charge in [0.1, 0.15) is 11.6 Å². The zero-order chi connectivity index (χ0) is 12.4. The second-order valence-electron chi connectivity index (χ2n) is 3.67. The van der Waals surface area contributed by atoms with Crippen LogP contribution in [0.4, 0.5) is 5.69 Å². The number of hydrogen-bond acceptors (Lipinski definition) is 4. The molecule has 3 N–H and O–H groups in total. The van der Waals surface area contributed by atoms with Crippen LogP contribution in [0.1, 0.15) is 5.82 Å². The van der Waals surface area contributed by atoms with Gasteiger partial charge in [0.2, 0.25) is 0 Å². The minimum atomic E-state index is -0.179. The van der Waals surface area contributed by atoms with Gasteiger partial charge < -0.3 is 15.5 Å². The van der Waals surface area contributed by atoms with E-state index >= 15 is 0 Å². The average molecular weight is 231 g/mol. The third kappa shape index (κ3) is 2.28. The molecule has 1 heterocycles. The van der Waals surface area contributed by atoms with Gasteiger partial charge >= 0.3 is 0 Å². The molecule has 5 heteroatoms. The van der Waals surface area contributed by atoms with Crippen LogP contribution in [0.25, 0.3) is 11.3 Å². The number of benzene rings is 1. The first-order valence-electron chi connectivity index (χ1n) is 5.12. The zero-order valence-electron chi connectivity index (χ0n) is 9.65. The first-order valence-corrected chi connectivity index (χ1v) is 5.12. The highest BCUT2D eigenvalue weighted by atomic mass is 16.5. The van der Waals surface area contributed by atoms with Crippen molar-refractivity contribution in [2.24, 2.45) is 0 Å². The smallest absolute Gasteiger partial charge is 0.251 e. The van der Waals surface area contributed by atoms with E-state index in [1.807, 2.05) is 6.07 Å². The van der Waals surface area contributed by atoms with Crippen molar-refractivity contribution in [3.8, 4) is 17.0 Å². The normalized spacial score (nSPS) is 10.2. The fourth-order valence-electron chi connectivity index (χ4n) is 1.62. The van der Waals surface area contributed by atoms with Crippen molar-refractivity contribution in [3.63, 3.8) is 0 Å². The van der Waals surface area contributed by atoms with Gasteiger partial charge in [-0.05, 0) is 25.1 Å². The SMILES string of the molecule is COc1ccc(-c2cc(=O)[nH]c(C)n2)cc1N. The molecule has 0 amide bonds. The monoisotopic (exact) mass is 231 g/mol. The number of nitrogens with one attached hydrogen (secondary N) is 1. The van der Waals surface area contributed by atoms with Crippen molar-refractivity contribution in [1.29, 1.82) is 0 Å². The fourth-order valence-corrected chi connectivity index (χ4v) is 1.62. The second-order valence-corrected chi connectivity index (χ2v) is 3.67. The summed E-state index contributed by atoms with van der Waals surface area (Å²) >= 11 is 0. The Kier molecular flexibility index (Phi) is 2.82. The summed E-state index contributed by atoms with van der Waals surface area (Å²) in [5.41, 5.74) is 7.53. The number of hydrogen-bond donors (Lipinski definition) is 2. The van der Waals surface area contributed by atoms with Crippen molar-refractivity contribution in [3.05, 3.63) is 40.4 Å². The lowest BCUT2D eigenvalue weighted by Crippen LogP contribution is -2.08. The first kappa shape index (κ1) is 11.2. The molecule has 0 unspecified atom stereocenters. The molecule has 0 aliphatic rings. The van der Waals surface area contributed by atoms with Crippen LogP contribution in [0.15, 0.2) is 29.1 Å². The Morgan fingerprint density at radius 1 is 1.35 bits per heavy atom. The molecule has 0 aliphatic heterocycles. The molecule has 1 aromatic heterocycles.